The van der Waals surface area contributed by atoms with Crippen molar-refractivity contribution in [3.63, 3.8) is 0 Å². The molecule has 0 aliphatic carbocycles. The molecule has 0 aromatic heterocycles. The predicted molar refractivity (Wildman–Crippen MR) is 137 cm³/mol. The minimum absolute atomic E-state index is 0.00662. The van der Waals surface area contributed by atoms with Crippen LogP contribution in [0.4, 0.5) is 0 Å². The molecule has 0 unspecified atom stereocenters. The zero-order valence-electron chi connectivity index (χ0n) is 20.1. The third-order valence-electron chi connectivity index (χ3n) is 4.82. The van der Waals surface area contributed by atoms with Crippen molar-refractivity contribution in [2.75, 3.05) is 14.2 Å². The number of rotatable bonds is 9. The Balaban J connectivity index is 0.000000402. The van der Waals surface area contributed by atoms with E-state index >= 15 is 0 Å². The van der Waals surface area contributed by atoms with Crippen LogP contribution in [0.2, 0.25) is 0 Å². The first kappa shape index (κ1) is 28.2. The average Bonchev–Trinajstić information content (AvgIpc) is 2.88. The second-order valence-corrected chi connectivity index (χ2v) is 7.50. The maximum atomic E-state index is 11.9. The van der Waals surface area contributed by atoms with Gasteiger partial charge in [0.1, 0.15) is 11.5 Å². The number of ether oxygens (including phenoxy) is 2. The second-order valence-electron chi connectivity index (χ2n) is 7.50. The summed E-state index contributed by atoms with van der Waals surface area (Å²) in [5.74, 6) is -0.335. The molecular weight excluding hydrogens is 480 g/mol. The molecule has 3 aromatic rings. The molecule has 0 aliphatic heterocycles. The van der Waals surface area contributed by atoms with E-state index < -0.39 is 0 Å². The molecule has 4 N–H and O–H groups in total. The van der Waals surface area contributed by atoms with Crippen LogP contribution in [0, 0.1) is 0 Å². The second kappa shape index (κ2) is 13.7. The van der Waals surface area contributed by atoms with Crippen LogP contribution in [0.1, 0.15) is 27.9 Å². The van der Waals surface area contributed by atoms with Gasteiger partial charge in [-0.2, -0.15) is 0 Å². The van der Waals surface area contributed by atoms with Gasteiger partial charge in [-0.1, -0.05) is 24.3 Å². The topological polar surface area (TPSA) is 151 Å². The monoisotopic (exact) mass is 506 g/mol. The molecule has 0 atom stereocenters. The molecule has 0 heterocycles. The summed E-state index contributed by atoms with van der Waals surface area (Å²) >= 11 is 0. The van der Waals surface area contributed by atoms with Crippen molar-refractivity contribution in [3.8, 4) is 34.5 Å². The van der Waals surface area contributed by atoms with Crippen LogP contribution in [-0.2, 0) is 9.59 Å². The van der Waals surface area contributed by atoms with Crippen molar-refractivity contribution in [2.24, 2.45) is 0 Å². The van der Waals surface area contributed by atoms with Crippen molar-refractivity contribution in [1.29, 1.82) is 0 Å². The lowest BCUT2D eigenvalue weighted by Gasteiger charge is -2.03. The van der Waals surface area contributed by atoms with Gasteiger partial charge in [-0.15, -0.1) is 0 Å². The molecule has 192 valence electrons. The van der Waals surface area contributed by atoms with E-state index in [1.54, 1.807) is 36.4 Å². The van der Waals surface area contributed by atoms with Gasteiger partial charge in [0.25, 0.3) is 0 Å². The van der Waals surface area contributed by atoms with Crippen LogP contribution in [0.5, 0.6) is 34.5 Å². The summed E-state index contributed by atoms with van der Waals surface area (Å²) in [5.41, 5.74) is 1.51. The van der Waals surface area contributed by atoms with Gasteiger partial charge in [0.15, 0.2) is 40.9 Å². The van der Waals surface area contributed by atoms with E-state index in [1.807, 2.05) is 0 Å². The summed E-state index contributed by atoms with van der Waals surface area (Å²) in [6.45, 7) is 0. The molecule has 0 spiro atoms. The molecule has 0 saturated heterocycles. The lowest BCUT2D eigenvalue weighted by molar-refractivity contribution is -0.121. The Morgan fingerprint density at radius 2 is 1.19 bits per heavy atom. The molecule has 37 heavy (non-hydrogen) atoms. The highest BCUT2D eigenvalue weighted by Crippen LogP contribution is 2.27. The number of carbonyl (C=O) groups excluding carboxylic acids is 3. The molecule has 9 nitrogen and oxygen atoms in total. The summed E-state index contributed by atoms with van der Waals surface area (Å²) in [7, 11) is 2.87. The molecule has 0 saturated carbocycles. The van der Waals surface area contributed by atoms with Crippen LogP contribution in [0.25, 0.3) is 12.2 Å². The molecule has 0 fully saturated rings. The van der Waals surface area contributed by atoms with Gasteiger partial charge in [-0.05, 0) is 59.7 Å². The van der Waals surface area contributed by atoms with Gasteiger partial charge >= 0.3 is 0 Å². The van der Waals surface area contributed by atoms with Gasteiger partial charge in [0.2, 0.25) is 0 Å². The quantitative estimate of drug-likeness (QED) is 0.189. The molecular formula is C28H26O9. The Kier molecular flexibility index (Phi) is 10.5. The van der Waals surface area contributed by atoms with Gasteiger partial charge in [0, 0.05) is 6.07 Å². The van der Waals surface area contributed by atoms with E-state index in [0.717, 1.165) is 6.07 Å². The van der Waals surface area contributed by atoms with Gasteiger partial charge in [0.05, 0.1) is 26.2 Å². The maximum absolute atomic E-state index is 11.9. The van der Waals surface area contributed by atoms with E-state index in [1.165, 1.54) is 50.6 Å². The number of ketones is 2. The molecule has 0 radical (unpaired) electrons. The van der Waals surface area contributed by atoms with Crippen molar-refractivity contribution >= 4 is 30.0 Å². The Labute approximate surface area is 213 Å². The molecule has 0 amide bonds. The zero-order chi connectivity index (χ0) is 27.4. The smallest absolute Gasteiger partial charge is 0.163 e. The highest BCUT2D eigenvalue weighted by atomic mass is 16.5. The number of benzene rings is 3. The fourth-order valence-corrected chi connectivity index (χ4v) is 2.90. The number of hydrogen-bond acceptors (Lipinski definition) is 9. The van der Waals surface area contributed by atoms with Gasteiger partial charge in [-0.25, -0.2) is 0 Å². The van der Waals surface area contributed by atoms with E-state index in [4.69, 9.17) is 19.7 Å². The Hall–Kier alpha value is -5.05. The number of phenols is 4. The van der Waals surface area contributed by atoms with E-state index in [0.29, 0.717) is 28.9 Å². The van der Waals surface area contributed by atoms with Crippen molar-refractivity contribution in [2.45, 2.75) is 6.42 Å². The van der Waals surface area contributed by atoms with Crippen LogP contribution in [0.3, 0.4) is 0 Å². The first-order valence-corrected chi connectivity index (χ1v) is 10.8. The summed E-state index contributed by atoms with van der Waals surface area (Å²) < 4.78 is 10.00. The minimum atomic E-state index is -0.347. The lowest BCUT2D eigenvalue weighted by Crippen LogP contribution is -2.01. The van der Waals surface area contributed by atoms with Gasteiger partial charge in [-0.3, -0.25) is 14.4 Å². The van der Waals surface area contributed by atoms with Crippen LogP contribution < -0.4 is 9.47 Å². The fourth-order valence-electron chi connectivity index (χ4n) is 2.90. The summed E-state index contributed by atoms with van der Waals surface area (Å²) in [6, 6.07) is 13.1. The standard InChI is InChI=1S/C21H20O6.C7H6O3/c1-26-20-11-14(5-9-18(20)24)3-7-16(22)13-17(23)8-4-15-6-10-19(25)21(12-15)27-2;8-4-5-1-2-6(9)3-7(5)10/h3-12,24-25H,13H2,1-2H3;1-4,9-10H/b7-3+,8-4+;. The third kappa shape index (κ3) is 8.91. The molecule has 3 rings (SSSR count). The van der Waals surface area contributed by atoms with Crippen LogP contribution in [-0.4, -0.2) is 52.5 Å². The first-order chi connectivity index (χ1) is 17.7. The normalized spacial score (nSPS) is 10.5. The van der Waals surface area contributed by atoms with Crippen LogP contribution in [0.15, 0.2) is 66.7 Å². The number of aldehydes is 1. The molecule has 9 heteroatoms. The van der Waals surface area contributed by atoms with Crippen molar-refractivity contribution in [1.82, 2.24) is 0 Å². The zero-order valence-corrected chi connectivity index (χ0v) is 20.1. The number of aromatic hydroxyl groups is 4. The number of allylic oxidation sites excluding steroid dienone is 2. The average molecular weight is 507 g/mol. The molecule has 0 bridgehead atoms. The lowest BCUT2D eigenvalue weighted by atomic mass is 10.1. The number of hydrogen-bond donors (Lipinski definition) is 4. The van der Waals surface area contributed by atoms with E-state index in [-0.39, 0.29) is 46.5 Å². The highest BCUT2D eigenvalue weighted by Gasteiger charge is 2.06. The largest absolute Gasteiger partial charge is 0.508 e. The number of phenolic OH excluding ortho intramolecular Hbond substituents is 4. The van der Waals surface area contributed by atoms with Crippen molar-refractivity contribution < 1.29 is 44.3 Å². The van der Waals surface area contributed by atoms with Gasteiger partial charge < -0.3 is 29.9 Å². The predicted octanol–water partition coefficient (Wildman–Crippen LogP) is 4.28. The van der Waals surface area contributed by atoms with E-state index in [2.05, 4.69) is 0 Å². The molecule has 3 aromatic carbocycles. The fraction of sp³-hybridized carbons (Fsp3) is 0.107. The summed E-state index contributed by atoms with van der Waals surface area (Å²) in [5, 5.41) is 36.7. The minimum Gasteiger partial charge on any atom is -0.508 e. The maximum Gasteiger partial charge on any atom is 0.163 e. The molecule has 0 aliphatic rings. The third-order valence-corrected chi connectivity index (χ3v) is 4.82. The van der Waals surface area contributed by atoms with E-state index in [9.17, 15) is 24.6 Å². The number of methoxy groups -OCH3 is 2. The Morgan fingerprint density at radius 1 is 0.703 bits per heavy atom. The Bertz CT molecular complexity index is 1250. The first-order valence-electron chi connectivity index (χ1n) is 10.8. The highest BCUT2D eigenvalue weighted by molar-refractivity contribution is 6.10. The summed E-state index contributed by atoms with van der Waals surface area (Å²) in [4.78, 5) is 34.0. The number of carbonyl (C=O) groups is 3. The Morgan fingerprint density at radius 3 is 1.59 bits per heavy atom. The van der Waals surface area contributed by atoms with Crippen LogP contribution >= 0.6 is 0 Å². The SMILES string of the molecule is COc1cc(/C=C/C(=O)CC(=O)/C=C/c2ccc(O)c(OC)c2)ccc1O.O=Cc1ccc(O)cc1O. The summed E-state index contributed by atoms with van der Waals surface area (Å²) in [6.07, 6.45) is 5.97. The van der Waals surface area contributed by atoms with Crippen molar-refractivity contribution in [3.05, 3.63) is 83.4 Å².